The van der Waals surface area contributed by atoms with Crippen LogP contribution in [-0.2, 0) is 16.1 Å². The molecule has 5 rings (SSSR count). The third-order valence-corrected chi connectivity index (χ3v) is 7.59. The van der Waals surface area contributed by atoms with Crippen molar-refractivity contribution in [3.63, 3.8) is 0 Å². The summed E-state index contributed by atoms with van der Waals surface area (Å²) < 4.78 is 10.7. The van der Waals surface area contributed by atoms with Gasteiger partial charge in [-0.1, -0.05) is 35.9 Å². The van der Waals surface area contributed by atoms with Crippen molar-refractivity contribution < 1.29 is 24.2 Å². The van der Waals surface area contributed by atoms with Gasteiger partial charge in [-0.15, -0.1) is 0 Å². The van der Waals surface area contributed by atoms with Crippen LogP contribution in [0.5, 0.6) is 5.75 Å². The van der Waals surface area contributed by atoms with E-state index in [1.807, 2.05) is 43.3 Å². The highest BCUT2D eigenvalue weighted by Gasteiger charge is 2.37. The fourth-order valence-corrected chi connectivity index (χ4v) is 5.21. The number of hydrogen-bond donors (Lipinski definition) is 3. The predicted molar refractivity (Wildman–Crippen MR) is 150 cm³/mol. The molecule has 0 aliphatic carbocycles. The number of halogens is 1. The number of ether oxygens (including phenoxy) is 2. The van der Waals surface area contributed by atoms with Crippen molar-refractivity contribution in [2.24, 2.45) is 0 Å². The lowest BCUT2D eigenvalue weighted by molar-refractivity contribution is -0.127. The molecule has 3 N–H and O–H groups in total. The maximum absolute atomic E-state index is 13.5. The lowest BCUT2D eigenvalue weighted by atomic mass is 10.0. The van der Waals surface area contributed by atoms with E-state index in [2.05, 4.69) is 20.6 Å². The average molecular weight is 566 g/mol. The van der Waals surface area contributed by atoms with Crippen LogP contribution in [-0.4, -0.2) is 70.8 Å². The number of anilines is 1. The Morgan fingerprint density at radius 2 is 2.05 bits per heavy atom. The summed E-state index contributed by atoms with van der Waals surface area (Å²) in [6.07, 6.45) is 3.27. The predicted octanol–water partition coefficient (Wildman–Crippen LogP) is 3.59. The van der Waals surface area contributed by atoms with Crippen LogP contribution in [0.1, 0.15) is 47.3 Å². The van der Waals surface area contributed by atoms with Crippen molar-refractivity contribution in [2.75, 3.05) is 32.2 Å². The number of benzene rings is 2. The van der Waals surface area contributed by atoms with E-state index in [9.17, 15) is 14.7 Å². The van der Waals surface area contributed by atoms with E-state index >= 15 is 0 Å². The number of rotatable bonds is 9. The molecule has 3 aromatic rings. The maximum atomic E-state index is 13.5. The zero-order valence-electron chi connectivity index (χ0n) is 22.4. The van der Waals surface area contributed by atoms with Crippen molar-refractivity contribution in [1.82, 2.24) is 20.2 Å². The van der Waals surface area contributed by atoms with Gasteiger partial charge in [0.1, 0.15) is 11.8 Å². The Bertz CT molecular complexity index is 1400. The number of methoxy groups -OCH3 is 1. The molecular formula is C29H32ClN5O5. The molecule has 2 amide bonds. The van der Waals surface area contributed by atoms with E-state index < -0.39 is 18.6 Å². The number of carbonyl (C=O) groups excluding carboxylic acids is 2. The first-order valence-corrected chi connectivity index (χ1v) is 13.6. The molecular weight excluding hydrogens is 534 g/mol. The molecule has 1 aromatic heterocycles. The van der Waals surface area contributed by atoms with Gasteiger partial charge < -0.3 is 30.1 Å². The number of amides is 2. The fraction of sp³-hybridized carbons (Fsp3) is 0.379. The van der Waals surface area contributed by atoms with Crippen LogP contribution in [0.15, 0.2) is 48.7 Å². The highest BCUT2D eigenvalue weighted by atomic mass is 35.5. The molecule has 11 heteroatoms. The number of nitrogens with zero attached hydrogens (tertiary/aromatic N) is 3. The number of fused-ring (bicyclic) bond motifs is 1. The largest absolute Gasteiger partial charge is 0.497 e. The summed E-state index contributed by atoms with van der Waals surface area (Å²) in [5.41, 5.74) is 3.21. The molecule has 0 spiro atoms. The number of aliphatic hydroxyl groups excluding tert-OH is 1. The van der Waals surface area contributed by atoms with Crippen LogP contribution in [0, 0.1) is 0 Å². The Balaban J connectivity index is 1.32. The summed E-state index contributed by atoms with van der Waals surface area (Å²) >= 11 is 6.46. The molecule has 0 bridgehead atoms. The lowest BCUT2D eigenvalue weighted by Crippen LogP contribution is -2.49. The molecule has 3 heterocycles. The Morgan fingerprint density at radius 3 is 2.80 bits per heavy atom. The molecule has 1 fully saturated rings. The van der Waals surface area contributed by atoms with Crippen LogP contribution in [0.3, 0.4) is 0 Å². The van der Waals surface area contributed by atoms with Crippen molar-refractivity contribution in [3.8, 4) is 17.0 Å². The van der Waals surface area contributed by atoms with Gasteiger partial charge >= 0.3 is 0 Å². The fourth-order valence-electron chi connectivity index (χ4n) is 5.01. The lowest BCUT2D eigenvalue weighted by Gasteiger charge is -2.27. The summed E-state index contributed by atoms with van der Waals surface area (Å²) in [7, 11) is 1.58. The highest BCUT2D eigenvalue weighted by molar-refractivity contribution is 6.33. The smallest absolute Gasteiger partial charge is 0.255 e. The van der Waals surface area contributed by atoms with Gasteiger partial charge in [0.05, 0.1) is 36.7 Å². The molecule has 40 heavy (non-hydrogen) atoms. The topological polar surface area (TPSA) is 126 Å². The number of aliphatic hydroxyl groups is 1. The number of aromatic nitrogens is 2. The van der Waals surface area contributed by atoms with Gasteiger partial charge in [-0.3, -0.25) is 9.59 Å². The van der Waals surface area contributed by atoms with Crippen LogP contribution in [0.25, 0.3) is 11.3 Å². The quantitative estimate of drug-likeness (QED) is 0.359. The first kappa shape index (κ1) is 27.8. The van der Waals surface area contributed by atoms with E-state index in [4.69, 9.17) is 21.1 Å². The number of nitrogens with one attached hydrogen (secondary N) is 2. The van der Waals surface area contributed by atoms with Crippen LogP contribution in [0.4, 0.5) is 5.95 Å². The second-order valence-corrected chi connectivity index (χ2v) is 10.3. The Morgan fingerprint density at radius 1 is 1.25 bits per heavy atom. The molecule has 2 aromatic carbocycles. The number of carbonyl (C=O) groups is 2. The van der Waals surface area contributed by atoms with Gasteiger partial charge in [-0.2, -0.15) is 0 Å². The normalized spacial score (nSPS) is 16.8. The summed E-state index contributed by atoms with van der Waals surface area (Å²) in [6.45, 7) is 2.91. The molecule has 0 radical (unpaired) electrons. The molecule has 1 saturated heterocycles. The summed E-state index contributed by atoms with van der Waals surface area (Å²) in [5, 5.41) is 16.7. The van der Waals surface area contributed by atoms with Crippen molar-refractivity contribution in [2.45, 2.75) is 44.4 Å². The van der Waals surface area contributed by atoms with Crippen LogP contribution < -0.4 is 15.4 Å². The van der Waals surface area contributed by atoms with Crippen LogP contribution >= 0.6 is 11.6 Å². The van der Waals surface area contributed by atoms with Gasteiger partial charge in [0, 0.05) is 36.9 Å². The van der Waals surface area contributed by atoms with Gasteiger partial charge in [0.2, 0.25) is 11.9 Å². The second-order valence-electron chi connectivity index (χ2n) is 9.93. The molecule has 2 aliphatic rings. The second kappa shape index (κ2) is 12.2. The molecule has 2 atom stereocenters. The SMILES string of the molecule is COc1cccc([C@@H](C)NC(=O)[C@H](CO)N2Cc3ccc(-c4nc(NC5CCOCC5)ncc4Cl)cc3C2=O)c1. The van der Waals surface area contributed by atoms with Gasteiger partial charge in [-0.05, 0) is 49.1 Å². The Kier molecular flexibility index (Phi) is 8.49. The Hall–Kier alpha value is -3.73. The highest BCUT2D eigenvalue weighted by Crippen LogP contribution is 2.32. The molecule has 0 saturated carbocycles. The molecule has 2 aliphatic heterocycles. The zero-order chi connectivity index (χ0) is 28.2. The van der Waals surface area contributed by atoms with E-state index in [0.29, 0.717) is 46.8 Å². The summed E-state index contributed by atoms with van der Waals surface area (Å²) in [5.74, 6) is 0.350. The zero-order valence-corrected chi connectivity index (χ0v) is 23.1. The first-order chi connectivity index (χ1) is 19.4. The third-order valence-electron chi connectivity index (χ3n) is 7.32. The van der Waals surface area contributed by atoms with Crippen LogP contribution in [0.2, 0.25) is 5.02 Å². The minimum atomic E-state index is -1.05. The molecule has 10 nitrogen and oxygen atoms in total. The Labute approximate surface area is 237 Å². The van der Waals surface area contributed by atoms with Crippen molar-refractivity contribution >= 4 is 29.4 Å². The van der Waals surface area contributed by atoms with Gasteiger partial charge in [0.15, 0.2) is 0 Å². The van der Waals surface area contributed by atoms with Gasteiger partial charge in [0.25, 0.3) is 5.91 Å². The van der Waals surface area contributed by atoms with E-state index in [1.165, 1.54) is 4.90 Å². The standard InChI is InChI=1S/C29H32ClN5O5/c1-17(18-4-3-5-22(12-18)39-2)32-27(37)25(16-36)35-15-20-7-6-19(13-23(20)28(35)38)26-24(30)14-31-29(34-26)33-21-8-10-40-11-9-21/h3-7,12-14,17,21,25,36H,8-11,15-16H2,1-2H3,(H,32,37)(H,31,33,34)/t17-,25+/m1/s1. The molecule has 210 valence electrons. The van der Waals surface area contributed by atoms with E-state index in [-0.39, 0.29) is 24.5 Å². The van der Waals surface area contributed by atoms with E-state index in [0.717, 1.165) is 24.0 Å². The van der Waals surface area contributed by atoms with E-state index in [1.54, 1.807) is 19.4 Å². The van der Waals surface area contributed by atoms with Crippen molar-refractivity contribution in [1.29, 1.82) is 0 Å². The molecule has 0 unspecified atom stereocenters. The minimum absolute atomic E-state index is 0.203. The third kappa shape index (κ3) is 5.89. The first-order valence-electron chi connectivity index (χ1n) is 13.2. The van der Waals surface area contributed by atoms with Gasteiger partial charge in [-0.25, -0.2) is 9.97 Å². The van der Waals surface area contributed by atoms with Crippen molar-refractivity contribution in [3.05, 3.63) is 70.4 Å². The monoisotopic (exact) mass is 565 g/mol. The maximum Gasteiger partial charge on any atom is 0.255 e. The minimum Gasteiger partial charge on any atom is -0.497 e. The summed E-state index contributed by atoms with van der Waals surface area (Å²) in [6, 6.07) is 11.6. The number of hydrogen-bond acceptors (Lipinski definition) is 8. The average Bonchev–Trinajstić information content (AvgIpc) is 3.30. The summed E-state index contributed by atoms with van der Waals surface area (Å²) in [4.78, 5) is 37.0.